The van der Waals surface area contributed by atoms with Crippen LogP contribution in [-0.2, 0) is 11.3 Å². The van der Waals surface area contributed by atoms with Crippen molar-refractivity contribution in [2.24, 2.45) is 0 Å². The van der Waals surface area contributed by atoms with Crippen LogP contribution < -0.4 is 5.63 Å². The molecule has 1 aromatic heterocycles. The van der Waals surface area contributed by atoms with E-state index >= 15 is 0 Å². The monoisotopic (exact) mass is 305 g/mol. The van der Waals surface area contributed by atoms with E-state index < -0.39 is 11.6 Å². The van der Waals surface area contributed by atoms with Crippen molar-refractivity contribution in [1.82, 2.24) is 0 Å². The number of para-hydroxylation sites is 1. The topological polar surface area (TPSA) is 80.3 Å². The Bertz CT molecular complexity index is 982. The first-order chi connectivity index (χ1) is 11.2. The van der Waals surface area contributed by atoms with E-state index in [1.807, 2.05) is 6.07 Å². The third-order valence-electron chi connectivity index (χ3n) is 3.29. The summed E-state index contributed by atoms with van der Waals surface area (Å²) >= 11 is 0. The van der Waals surface area contributed by atoms with Gasteiger partial charge in [0.2, 0.25) is 0 Å². The van der Waals surface area contributed by atoms with Crippen LogP contribution in [0.1, 0.15) is 21.5 Å². The lowest BCUT2D eigenvalue weighted by molar-refractivity contribution is 0.0468. The van der Waals surface area contributed by atoms with E-state index in [2.05, 4.69) is 0 Å². The summed E-state index contributed by atoms with van der Waals surface area (Å²) in [5.41, 5.74) is 0.668. The van der Waals surface area contributed by atoms with Crippen LogP contribution in [0.5, 0.6) is 0 Å². The van der Waals surface area contributed by atoms with Gasteiger partial charge in [-0.15, -0.1) is 0 Å². The van der Waals surface area contributed by atoms with Crippen LogP contribution in [0.4, 0.5) is 0 Å². The molecule has 2 aromatic carbocycles. The fourth-order valence-corrected chi connectivity index (χ4v) is 2.16. The Morgan fingerprint density at radius 2 is 1.96 bits per heavy atom. The molecule has 5 nitrogen and oxygen atoms in total. The molecular formula is C18H11NO4. The molecule has 0 aliphatic heterocycles. The molecule has 112 valence electrons. The number of nitrogens with zero attached hydrogens (tertiary/aromatic N) is 1. The lowest BCUT2D eigenvalue weighted by Crippen LogP contribution is -2.16. The second-order valence-electron chi connectivity index (χ2n) is 4.87. The van der Waals surface area contributed by atoms with Gasteiger partial charge >= 0.3 is 11.6 Å². The van der Waals surface area contributed by atoms with Crippen molar-refractivity contribution in [1.29, 1.82) is 5.26 Å². The highest BCUT2D eigenvalue weighted by atomic mass is 16.5. The largest absolute Gasteiger partial charge is 0.457 e. The average Bonchev–Trinajstić information content (AvgIpc) is 2.59. The summed E-state index contributed by atoms with van der Waals surface area (Å²) in [7, 11) is 0. The third kappa shape index (κ3) is 3.11. The van der Waals surface area contributed by atoms with E-state index in [1.165, 1.54) is 6.07 Å². The van der Waals surface area contributed by atoms with Gasteiger partial charge in [0.15, 0.2) is 0 Å². The lowest BCUT2D eigenvalue weighted by Gasteiger charge is -2.05. The summed E-state index contributed by atoms with van der Waals surface area (Å²) in [6.07, 6.45) is 0. The molecule has 0 radical (unpaired) electrons. The Morgan fingerprint density at radius 1 is 1.13 bits per heavy atom. The minimum absolute atomic E-state index is 0.0272. The Labute approximate surface area is 131 Å². The summed E-state index contributed by atoms with van der Waals surface area (Å²) in [5.74, 6) is -0.758. The maximum atomic E-state index is 12.1. The number of hydrogen-bond acceptors (Lipinski definition) is 5. The van der Waals surface area contributed by atoms with Crippen molar-refractivity contribution in [3.63, 3.8) is 0 Å². The van der Waals surface area contributed by atoms with Gasteiger partial charge in [-0.1, -0.05) is 30.3 Å². The number of carbonyl (C=O) groups is 1. The third-order valence-corrected chi connectivity index (χ3v) is 3.29. The van der Waals surface area contributed by atoms with Crippen LogP contribution in [0.25, 0.3) is 11.0 Å². The summed E-state index contributed by atoms with van der Waals surface area (Å²) in [6, 6.07) is 17.1. The van der Waals surface area contributed by atoms with Crippen LogP contribution in [-0.4, -0.2) is 5.97 Å². The Balaban J connectivity index is 1.82. The van der Waals surface area contributed by atoms with Crippen LogP contribution in [0.2, 0.25) is 0 Å². The highest BCUT2D eigenvalue weighted by Gasteiger charge is 2.15. The van der Waals surface area contributed by atoms with E-state index in [-0.39, 0.29) is 12.2 Å². The molecule has 3 aromatic rings. The summed E-state index contributed by atoms with van der Waals surface area (Å²) in [5, 5.41) is 9.49. The van der Waals surface area contributed by atoms with E-state index in [1.54, 1.807) is 48.5 Å². The fraction of sp³-hybridized carbons (Fsp3) is 0.0556. The molecule has 0 bridgehead atoms. The predicted octanol–water partition coefficient (Wildman–Crippen LogP) is 3.02. The van der Waals surface area contributed by atoms with Crippen molar-refractivity contribution in [2.45, 2.75) is 6.61 Å². The Morgan fingerprint density at radius 3 is 2.78 bits per heavy atom. The quantitative estimate of drug-likeness (QED) is 0.549. The highest BCUT2D eigenvalue weighted by molar-refractivity contribution is 5.92. The first-order valence-corrected chi connectivity index (χ1v) is 6.86. The van der Waals surface area contributed by atoms with E-state index in [0.717, 1.165) is 0 Å². The van der Waals surface area contributed by atoms with Crippen LogP contribution in [0, 0.1) is 11.3 Å². The summed E-state index contributed by atoms with van der Waals surface area (Å²) in [6.45, 7) is -0.0272. The molecule has 23 heavy (non-hydrogen) atoms. The van der Waals surface area contributed by atoms with E-state index in [4.69, 9.17) is 14.4 Å². The second-order valence-corrected chi connectivity index (χ2v) is 4.87. The van der Waals surface area contributed by atoms with Crippen molar-refractivity contribution < 1.29 is 13.9 Å². The molecule has 0 amide bonds. The fourth-order valence-electron chi connectivity index (χ4n) is 2.16. The van der Waals surface area contributed by atoms with Gasteiger partial charge in [-0.05, 0) is 29.8 Å². The van der Waals surface area contributed by atoms with Gasteiger partial charge in [0, 0.05) is 5.39 Å². The van der Waals surface area contributed by atoms with Gasteiger partial charge < -0.3 is 9.15 Å². The maximum Gasteiger partial charge on any atom is 0.351 e. The number of hydrogen-bond donors (Lipinski definition) is 0. The predicted molar refractivity (Wildman–Crippen MR) is 82.8 cm³/mol. The zero-order valence-corrected chi connectivity index (χ0v) is 12.0. The normalized spacial score (nSPS) is 10.2. The molecule has 0 aliphatic carbocycles. The number of rotatable bonds is 3. The van der Waals surface area contributed by atoms with Crippen LogP contribution in [0.3, 0.4) is 0 Å². The molecule has 0 saturated carbocycles. The molecule has 0 aliphatic rings. The van der Waals surface area contributed by atoms with Gasteiger partial charge in [0.25, 0.3) is 0 Å². The molecule has 5 heteroatoms. The Kier molecular flexibility index (Phi) is 3.89. The van der Waals surface area contributed by atoms with E-state index in [9.17, 15) is 9.59 Å². The number of ether oxygens (including phenoxy) is 1. The minimum Gasteiger partial charge on any atom is -0.457 e. The van der Waals surface area contributed by atoms with Gasteiger partial charge in [-0.25, -0.2) is 9.59 Å². The molecule has 0 spiro atoms. The first-order valence-electron chi connectivity index (χ1n) is 6.86. The zero-order valence-electron chi connectivity index (χ0n) is 12.0. The second kappa shape index (κ2) is 6.16. The molecule has 0 saturated heterocycles. The van der Waals surface area contributed by atoms with Crippen molar-refractivity contribution in [3.8, 4) is 6.07 Å². The maximum absolute atomic E-state index is 12.1. The molecule has 0 fully saturated rings. The SMILES string of the molecule is N#Cc1cccc(COC(=O)c2cc3ccccc3oc2=O)c1. The number of nitriles is 1. The molecule has 0 unspecified atom stereocenters. The molecule has 0 N–H and O–H groups in total. The van der Waals surface area contributed by atoms with Crippen molar-refractivity contribution >= 4 is 16.9 Å². The first kappa shape index (κ1) is 14.5. The number of benzene rings is 2. The van der Waals surface area contributed by atoms with Gasteiger partial charge in [0.1, 0.15) is 17.8 Å². The molecular weight excluding hydrogens is 294 g/mol. The highest BCUT2D eigenvalue weighted by Crippen LogP contribution is 2.14. The standard InChI is InChI=1S/C18H11NO4/c19-10-12-4-3-5-13(8-12)11-22-17(20)15-9-14-6-1-2-7-16(14)23-18(15)21/h1-9H,11H2. The Hall–Kier alpha value is -3.39. The van der Waals surface area contributed by atoms with Crippen molar-refractivity contribution in [2.75, 3.05) is 0 Å². The van der Waals surface area contributed by atoms with Gasteiger partial charge in [0.05, 0.1) is 11.6 Å². The number of fused-ring (bicyclic) bond motifs is 1. The average molecular weight is 305 g/mol. The van der Waals surface area contributed by atoms with Crippen LogP contribution in [0.15, 0.2) is 63.8 Å². The zero-order chi connectivity index (χ0) is 16.2. The van der Waals surface area contributed by atoms with Gasteiger partial charge in [-0.3, -0.25) is 0 Å². The number of carbonyl (C=O) groups excluding carboxylic acids is 1. The summed E-state index contributed by atoms with van der Waals surface area (Å²) < 4.78 is 10.2. The molecule has 3 rings (SSSR count). The molecule has 1 heterocycles. The van der Waals surface area contributed by atoms with Gasteiger partial charge in [-0.2, -0.15) is 5.26 Å². The van der Waals surface area contributed by atoms with Crippen molar-refractivity contribution in [3.05, 3.63) is 81.7 Å². The minimum atomic E-state index is -0.758. The van der Waals surface area contributed by atoms with E-state index in [0.29, 0.717) is 22.1 Å². The molecule has 0 atom stereocenters. The number of esters is 1. The smallest absolute Gasteiger partial charge is 0.351 e. The lowest BCUT2D eigenvalue weighted by atomic mass is 10.1. The summed E-state index contributed by atoms with van der Waals surface area (Å²) in [4.78, 5) is 24.0. The van der Waals surface area contributed by atoms with Crippen LogP contribution >= 0.6 is 0 Å².